The lowest BCUT2D eigenvalue weighted by atomic mass is 9.84. The molecule has 2 aromatic carbocycles. The molecule has 0 fully saturated rings. The van der Waals surface area contributed by atoms with E-state index in [-0.39, 0.29) is 40.1 Å². The number of benzene rings is 2. The van der Waals surface area contributed by atoms with Crippen molar-refractivity contribution in [1.82, 2.24) is 0 Å². The van der Waals surface area contributed by atoms with Crippen molar-refractivity contribution in [1.29, 1.82) is 0 Å². The first-order valence-electron chi connectivity index (χ1n) is 10.2. The van der Waals surface area contributed by atoms with Crippen LogP contribution >= 0.6 is 0 Å². The predicted octanol–water partition coefficient (Wildman–Crippen LogP) is 3.46. The van der Waals surface area contributed by atoms with Gasteiger partial charge in [-0.2, -0.15) is 0 Å². The van der Waals surface area contributed by atoms with Gasteiger partial charge in [0.25, 0.3) is 0 Å². The molecule has 9 heteroatoms. The van der Waals surface area contributed by atoms with Crippen molar-refractivity contribution in [3.63, 3.8) is 0 Å². The lowest BCUT2D eigenvalue weighted by Gasteiger charge is -2.28. The molecule has 3 aromatic rings. The number of aromatic hydroxyl groups is 4. The molecule has 3 heterocycles. The minimum atomic E-state index is -1.84. The minimum absolute atomic E-state index is 0.0680. The quantitative estimate of drug-likeness (QED) is 0.430. The number of ether oxygens (including phenoxy) is 2. The lowest BCUT2D eigenvalue weighted by molar-refractivity contribution is -0.139. The molecule has 5 rings (SSSR count). The molecule has 172 valence electrons. The Kier molecular flexibility index (Phi) is 4.64. The highest BCUT2D eigenvalue weighted by molar-refractivity contribution is 6.02. The summed E-state index contributed by atoms with van der Waals surface area (Å²) in [4.78, 5) is 26.1. The summed E-state index contributed by atoms with van der Waals surface area (Å²) in [5, 5.41) is 38.7. The number of fused-ring (bicyclic) bond motifs is 2. The molecule has 1 aromatic heterocycles. The molecule has 2 unspecified atom stereocenters. The van der Waals surface area contributed by atoms with E-state index in [1.807, 2.05) is 0 Å². The highest BCUT2D eigenvalue weighted by Gasteiger charge is 2.61. The van der Waals surface area contributed by atoms with E-state index in [1.54, 1.807) is 19.1 Å². The molecule has 1 spiro atoms. The minimum Gasteiger partial charge on any atom is -0.504 e. The van der Waals surface area contributed by atoms with Crippen LogP contribution in [-0.2, 0) is 15.1 Å². The van der Waals surface area contributed by atoms with Crippen LogP contribution in [-0.4, -0.2) is 26.2 Å². The van der Waals surface area contributed by atoms with Crippen LogP contribution in [0.1, 0.15) is 35.5 Å². The van der Waals surface area contributed by atoms with Crippen molar-refractivity contribution < 1.29 is 39.1 Å². The predicted molar refractivity (Wildman–Crippen MR) is 118 cm³/mol. The third-order valence-corrected chi connectivity index (χ3v) is 5.68. The van der Waals surface area contributed by atoms with Gasteiger partial charge in [-0.1, -0.05) is 18.2 Å². The summed E-state index contributed by atoms with van der Waals surface area (Å²) in [6.07, 6.45) is 3.14. The number of phenols is 4. The number of ketones is 1. The zero-order valence-electron chi connectivity index (χ0n) is 17.7. The van der Waals surface area contributed by atoms with Crippen LogP contribution in [0.5, 0.6) is 28.7 Å². The van der Waals surface area contributed by atoms with Crippen LogP contribution in [0.2, 0.25) is 0 Å². The Morgan fingerprint density at radius 2 is 1.59 bits per heavy atom. The second-order valence-electron chi connectivity index (χ2n) is 7.96. The normalized spacial score (nSPS) is 20.9. The Morgan fingerprint density at radius 1 is 0.882 bits per heavy atom. The van der Waals surface area contributed by atoms with Gasteiger partial charge in [-0.25, -0.2) is 4.79 Å². The van der Waals surface area contributed by atoms with Crippen molar-refractivity contribution in [3.8, 4) is 28.7 Å². The van der Waals surface area contributed by atoms with E-state index >= 15 is 0 Å². The van der Waals surface area contributed by atoms with E-state index in [0.717, 1.165) is 0 Å². The number of phenolic OH excluding ortho intramolecular Hbond substituents is 4. The zero-order chi connectivity index (χ0) is 24.2. The third kappa shape index (κ3) is 3.17. The van der Waals surface area contributed by atoms with Crippen LogP contribution in [0.15, 0.2) is 63.5 Å². The fourth-order valence-corrected chi connectivity index (χ4v) is 4.15. The molecular formula is C25H18O9. The summed E-state index contributed by atoms with van der Waals surface area (Å²) in [6, 6.07) is 9.56. The molecule has 2 aliphatic rings. The summed E-state index contributed by atoms with van der Waals surface area (Å²) in [5.74, 6) is -1.40. The maximum absolute atomic E-state index is 13.1. The maximum Gasteiger partial charge on any atom is 0.347 e. The van der Waals surface area contributed by atoms with Crippen LogP contribution in [0.3, 0.4) is 0 Å². The third-order valence-electron chi connectivity index (χ3n) is 5.68. The van der Waals surface area contributed by atoms with Gasteiger partial charge in [0, 0.05) is 17.7 Å². The van der Waals surface area contributed by atoms with Crippen molar-refractivity contribution in [3.05, 3.63) is 87.2 Å². The average molecular weight is 462 g/mol. The molecule has 0 bridgehead atoms. The molecule has 0 saturated carbocycles. The van der Waals surface area contributed by atoms with Crippen molar-refractivity contribution in [2.24, 2.45) is 0 Å². The molecule has 4 N–H and O–H groups in total. The summed E-state index contributed by atoms with van der Waals surface area (Å²) in [5.41, 5.74) is -1.95. The molecule has 9 nitrogen and oxygen atoms in total. The molecule has 2 atom stereocenters. The summed E-state index contributed by atoms with van der Waals surface area (Å²) >= 11 is 0. The molecular weight excluding hydrogens is 444 g/mol. The van der Waals surface area contributed by atoms with E-state index in [4.69, 9.17) is 13.9 Å². The van der Waals surface area contributed by atoms with Gasteiger partial charge >= 0.3 is 5.63 Å². The molecule has 0 saturated heterocycles. The van der Waals surface area contributed by atoms with Crippen molar-refractivity contribution >= 4 is 17.9 Å². The lowest BCUT2D eigenvalue weighted by Crippen LogP contribution is -2.41. The van der Waals surface area contributed by atoms with Gasteiger partial charge < -0.3 is 34.3 Å². The first kappa shape index (κ1) is 21.2. The summed E-state index contributed by atoms with van der Waals surface area (Å²) in [7, 11) is 0. The largest absolute Gasteiger partial charge is 0.504 e. The first-order valence-corrected chi connectivity index (χ1v) is 10.2. The van der Waals surface area contributed by atoms with Gasteiger partial charge in [0.15, 0.2) is 29.1 Å². The number of carbonyl (C=O) groups is 1. The average Bonchev–Trinajstić information content (AvgIpc) is 3.27. The van der Waals surface area contributed by atoms with Crippen LogP contribution < -0.4 is 10.4 Å². The van der Waals surface area contributed by atoms with Gasteiger partial charge in [0.05, 0.1) is 5.76 Å². The monoisotopic (exact) mass is 462 g/mol. The number of carbonyl (C=O) groups excluding carboxylic acids is 1. The molecule has 0 aliphatic carbocycles. The topological polar surface area (TPSA) is 147 Å². The van der Waals surface area contributed by atoms with Crippen LogP contribution in [0.4, 0.5) is 0 Å². The Labute approximate surface area is 192 Å². The van der Waals surface area contributed by atoms with Gasteiger partial charge in [-0.05, 0) is 42.8 Å². The van der Waals surface area contributed by atoms with E-state index in [9.17, 15) is 30.0 Å². The van der Waals surface area contributed by atoms with Gasteiger partial charge in [0.2, 0.25) is 11.4 Å². The number of hydrogen-bond acceptors (Lipinski definition) is 9. The highest BCUT2D eigenvalue weighted by atomic mass is 16.6. The highest BCUT2D eigenvalue weighted by Crippen LogP contribution is 2.54. The van der Waals surface area contributed by atoms with Gasteiger partial charge in [0.1, 0.15) is 17.1 Å². The van der Waals surface area contributed by atoms with E-state index in [2.05, 4.69) is 0 Å². The van der Waals surface area contributed by atoms with Gasteiger partial charge in [-0.3, -0.25) is 4.79 Å². The SMILES string of the molecule is CC1=CC(=O)C2(O1)c1c(cc(/C=C/c3ccc(O)c(O)c3)oc1=O)OC2c1ccc(O)c(O)c1. The Hall–Kier alpha value is -4.66. The standard InChI is InChI=1S/C25H18O9/c1-12-8-21(30)25(34-12)22-20(33-23(25)14-4-7-17(27)19(29)10-14)11-15(32-24(22)31)5-2-13-3-6-16(26)18(28)9-13/h2-11,23,26-29H,1H3/b5-2+. The van der Waals surface area contributed by atoms with Crippen molar-refractivity contribution in [2.75, 3.05) is 0 Å². The molecule has 2 aliphatic heterocycles. The van der Waals surface area contributed by atoms with E-state index in [0.29, 0.717) is 11.1 Å². The van der Waals surface area contributed by atoms with Crippen LogP contribution in [0, 0.1) is 0 Å². The maximum atomic E-state index is 13.1. The van der Waals surface area contributed by atoms with E-state index in [1.165, 1.54) is 48.6 Å². The fraction of sp³-hybridized carbons (Fsp3) is 0.120. The smallest absolute Gasteiger partial charge is 0.347 e. The number of rotatable bonds is 3. The fourth-order valence-electron chi connectivity index (χ4n) is 4.15. The Balaban J connectivity index is 1.60. The second kappa shape index (κ2) is 7.45. The Bertz CT molecular complexity index is 1460. The van der Waals surface area contributed by atoms with Crippen LogP contribution in [0.25, 0.3) is 12.2 Å². The zero-order valence-corrected chi connectivity index (χ0v) is 17.7. The summed E-state index contributed by atoms with van der Waals surface area (Å²) in [6.45, 7) is 1.57. The molecule has 0 amide bonds. The second-order valence-corrected chi connectivity index (χ2v) is 7.96. The summed E-state index contributed by atoms with van der Waals surface area (Å²) < 4.78 is 17.3. The Morgan fingerprint density at radius 3 is 2.24 bits per heavy atom. The first-order chi connectivity index (χ1) is 16.2. The van der Waals surface area contributed by atoms with Gasteiger partial charge in [-0.15, -0.1) is 0 Å². The molecule has 34 heavy (non-hydrogen) atoms. The van der Waals surface area contributed by atoms with Crippen molar-refractivity contribution in [2.45, 2.75) is 18.6 Å². The molecule has 0 radical (unpaired) electrons. The van der Waals surface area contributed by atoms with E-state index < -0.39 is 28.9 Å². The number of hydrogen-bond donors (Lipinski definition) is 4. The number of allylic oxidation sites excluding steroid dienone is 1.